The molecule has 3 aromatic rings. The summed E-state index contributed by atoms with van der Waals surface area (Å²) in [7, 11) is 0. The van der Waals surface area contributed by atoms with E-state index in [0.717, 1.165) is 35.6 Å². The maximum absolute atomic E-state index is 11.3. The molecule has 0 radical (unpaired) electrons. The molecule has 6 nitrogen and oxygen atoms in total. The van der Waals surface area contributed by atoms with E-state index in [2.05, 4.69) is 22.5 Å². The van der Waals surface area contributed by atoms with E-state index in [1.165, 1.54) is 5.56 Å². The number of fused-ring (bicyclic) bond motifs is 1. The summed E-state index contributed by atoms with van der Waals surface area (Å²) in [5.41, 5.74) is 4.06. The molecule has 3 rings (SSSR count). The maximum atomic E-state index is 11.3. The van der Waals surface area contributed by atoms with Crippen LogP contribution in [-0.4, -0.2) is 33.8 Å². The molecule has 0 aliphatic rings. The van der Waals surface area contributed by atoms with Gasteiger partial charge in [0, 0.05) is 19.8 Å². The highest BCUT2D eigenvalue weighted by atomic mass is 16.5. The Hall–Kier alpha value is -2.86. The molecule has 2 aromatic carbocycles. The van der Waals surface area contributed by atoms with Crippen LogP contribution < -0.4 is 4.74 Å². The summed E-state index contributed by atoms with van der Waals surface area (Å²) in [6.45, 7) is 8.45. The van der Waals surface area contributed by atoms with Gasteiger partial charge in [0.25, 0.3) is 0 Å². The number of benzene rings is 2. The standard InChI is InChI=1S/C22H26N2O4/c1-4-27-11-5-10-24-19-8-7-17(22(25)26)13-18(19)23-21(24)14-28-20-9-6-15(2)12-16(20)3/h6-9,12-13H,4-5,10-11,14H2,1-3H3,(H,25,26). The minimum absolute atomic E-state index is 0.230. The molecule has 0 atom stereocenters. The number of nitrogens with zero attached hydrogens (tertiary/aromatic N) is 2. The van der Waals surface area contributed by atoms with Crippen molar-refractivity contribution in [1.82, 2.24) is 9.55 Å². The fourth-order valence-corrected chi connectivity index (χ4v) is 3.25. The third kappa shape index (κ3) is 4.51. The summed E-state index contributed by atoms with van der Waals surface area (Å²) < 4.78 is 13.6. The van der Waals surface area contributed by atoms with Crippen LogP contribution in [0.2, 0.25) is 0 Å². The van der Waals surface area contributed by atoms with Crippen LogP contribution in [0.5, 0.6) is 5.75 Å². The van der Waals surface area contributed by atoms with Gasteiger partial charge in [-0.15, -0.1) is 0 Å². The fraction of sp³-hybridized carbons (Fsp3) is 0.364. The Bertz CT molecular complexity index is 978. The number of ether oxygens (including phenoxy) is 2. The number of hydrogen-bond acceptors (Lipinski definition) is 4. The van der Waals surface area contributed by atoms with Crippen LogP contribution in [0.1, 0.15) is 40.7 Å². The third-order valence-corrected chi connectivity index (χ3v) is 4.64. The van der Waals surface area contributed by atoms with Crippen LogP contribution in [0.15, 0.2) is 36.4 Å². The molecular weight excluding hydrogens is 356 g/mol. The molecule has 0 spiro atoms. The molecule has 0 aliphatic heterocycles. The number of rotatable bonds is 9. The summed E-state index contributed by atoms with van der Waals surface area (Å²) in [5, 5.41) is 9.25. The van der Waals surface area contributed by atoms with Crippen molar-refractivity contribution in [3.63, 3.8) is 0 Å². The zero-order valence-corrected chi connectivity index (χ0v) is 16.6. The lowest BCUT2D eigenvalue weighted by molar-refractivity contribution is 0.0697. The highest BCUT2D eigenvalue weighted by molar-refractivity contribution is 5.92. The summed E-state index contributed by atoms with van der Waals surface area (Å²) in [6, 6.07) is 11.1. The second-order valence-electron chi connectivity index (χ2n) is 6.80. The van der Waals surface area contributed by atoms with Gasteiger partial charge in [0.1, 0.15) is 18.2 Å². The number of aromatic nitrogens is 2. The number of aryl methyl sites for hydroxylation is 3. The van der Waals surface area contributed by atoms with Gasteiger partial charge in [-0.25, -0.2) is 9.78 Å². The minimum Gasteiger partial charge on any atom is -0.485 e. The first-order chi connectivity index (χ1) is 13.5. The average molecular weight is 382 g/mol. The maximum Gasteiger partial charge on any atom is 0.335 e. The molecule has 148 valence electrons. The first-order valence-corrected chi connectivity index (χ1v) is 9.50. The van der Waals surface area contributed by atoms with Crippen LogP contribution >= 0.6 is 0 Å². The Labute approximate surface area is 164 Å². The molecule has 28 heavy (non-hydrogen) atoms. The van der Waals surface area contributed by atoms with E-state index in [1.54, 1.807) is 12.1 Å². The van der Waals surface area contributed by atoms with Gasteiger partial charge in [-0.05, 0) is 57.0 Å². The normalized spacial score (nSPS) is 11.1. The molecule has 0 amide bonds. The van der Waals surface area contributed by atoms with Gasteiger partial charge in [-0.3, -0.25) is 0 Å². The number of imidazole rings is 1. The van der Waals surface area contributed by atoms with E-state index < -0.39 is 5.97 Å². The van der Waals surface area contributed by atoms with Crippen molar-refractivity contribution in [2.45, 2.75) is 40.3 Å². The minimum atomic E-state index is -0.958. The van der Waals surface area contributed by atoms with Gasteiger partial charge in [0.05, 0.1) is 16.6 Å². The van der Waals surface area contributed by atoms with Crippen molar-refractivity contribution in [1.29, 1.82) is 0 Å². The average Bonchev–Trinajstić information content (AvgIpc) is 3.01. The van der Waals surface area contributed by atoms with Crippen molar-refractivity contribution in [2.75, 3.05) is 13.2 Å². The second kappa shape index (κ2) is 8.89. The van der Waals surface area contributed by atoms with Crippen LogP contribution in [0.3, 0.4) is 0 Å². The molecule has 6 heteroatoms. The summed E-state index contributed by atoms with van der Waals surface area (Å²) in [6.07, 6.45) is 0.844. The Morgan fingerprint density at radius 1 is 1.18 bits per heavy atom. The van der Waals surface area contributed by atoms with E-state index >= 15 is 0 Å². The monoisotopic (exact) mass is 382 g/mol. The molecular formula is C22H26N2O4. The molecule has 0 bridgehead atoms. The second-order valence-corrected chi connectivity index (χ2v) is 6.80. The molecule has 0 saturated heterocycles. The Morgan fingerprint density at radius 3 is 2.71 bits per heavy atom. The quantitative estimate of drug-likeness (QED) is 0.557. The smallest absolute Gasteiger partial charge is 0.335 e. The first-order valence-electron chi connectivity index (χ1n) is 9.50. The first kappa shape index (κ1) is 19.9. The highest BCUT2D eigenvalue weighted by Crippen LogP contribution is 2.23. The van der Waals surface area contributed by atoms with Crippen molar-refractivity contribution in [3.05, 3.63) is 58.9 Å². The van der Waals surface area contributed by atoms with E-state index in [0.29, 0.717) is 25.3 Å². The van der Waals surface area contributed by atoms with Crippen molar-refractivity contribution < 1.29 is 19.4 Å². The Morgan fingerprint density at radius 2 is 2.00 bits per heavy atom. The van der Waals surface area contributed by atoms with Crippen molar-refractivity contribution in [2.24, 2.45) is 0 Å². The third-order valence-electron chi connectivity index (χ3n) is 4.64. The topological polar surface area (TPSA) is 73.6 Å². The Balaban J connectivity index is 1.88. The number of carboxylic acid groups (broad SMARTS) is 1. The molecule has 0 fully saturated rings. The predicted octanol–water partition coefficient (Wildman–Crippen LogP) is 4.36. The zero-order valence-electron chi connectivity index (χ0n) is 16.6. The molecule has 1 aromatic heterocycles. The molecule has 0 saturated carbocycles. The van der Waals surface area contributed by atoms with E-state index in [1.807, 2.05) is 32.0 Å². The van der Waals surface area contributed by atoms with Gasteiger partial charge in [0.2, 0.25) is 0 Å². The van der Waals surface area contributed by atoms with E-state index in [9.17, 15) is 9.90 Å². The lowest BCUT2D eigenvalue weighted by Gasteiger charge is -2.12. The van der Waals surface area contributed by atoms with Gasteiger partial charge >= 0.3 is 5.97 Å². The highest BCUT2D eigenvalue weighted by Gasteiger charge is 2.14. The molecule has 1 N–H and O–H groups in total. The van der Waals surface area contributed by atoms with Gasteiger partial charge in [0.15, 0.2) is 0 Å². The Kier molecular flexibility index (Phi) is 6.31. The largest absolute Gasteiger partial charge is 0.485 e. The van der Waals surface area contributed by atoms with Gasteiger partial charge in [-0.2, -0.15) is 0 Å². The number of carbonyl (C=O) groups is 1. The number of aromatic carboxylic acids is 1. The molecule has 0 aliphatic carbocycles. The van der Waals surface area contributed by atoms with Gasteiger partial charge in [-0.1, -0.05) is 17.7 Å². The van der Waals surface area contributed by atoms with Crippen LogP contribution in [0.4, 0.5) is 0 Å². The summed E-state index contributed by atoms with van der Waals surface area (Å²) in [4.78, 5) is 15.9. The molecule has 1 heterocycles. The predicted molar refractivity (Wildman–Crippen MR) is 108 cm³/mol. The molecule has 0 unspecified atom stereocenters. The van der Waals surface area contributed by atoms with Crippen LogP contribution in [0, 0.1) is 13.8 Å². The fourth-order valence-electron chi connectivity index (χ4n) is 3.25. The summed E-state index contributed by atoms with van der Waals surface area (Å²) in [5.74, 6) is 0.639. The number of carboxylic acids is 1. The van der Waals surface area contributed by atoms with Crippen molar-refractivity contribution >= 4 is 17.0 Å². The zero-order chi connectivity index (χ0) is 20.1. The summed E-state index contributed by atoms with van der Waals surface area (Å²) >= 11 is 0. The SMILES string of the molecule is CCOCCCn1c(COc2ccc(C)cc2C)nc2cc(C(=O)O)ccc21. The van der Waals surface area contributed by atoms with Crippen molar-refractivity contribution in [3.8, 4) is 5.75 Å². The number of hydrogen-bond donors (Lipinski definition) is 1. The van der Waals surface area contributed by atoms with E-state index in [-0.39, 0.29) is 5.56 Å². The lowest BCUT2D eigenvalue weighted by atomic mass is 10.1. The van der Waals surface area contributed by atoms with E-state index in [4.69, 9.17) is 9.47 Å². The lowest BCUT2D eigenvalue weighted by Crippen LogP contribution is -2.09. The van der Waals surface area contributed by atoms with Gasteiger partial charge < -0.3 is 19.1 Å². The van der Waals surface area contributed by atoms with Crippen LogP contribution in [-0.2, 0) is 17.9 Å². The van der Waals surface area contributed by atoms with Crippen LogP contribution in [0.25, 0.3) is 11.0 Å².